The number of hydrogen-bond donors (Lipinski definition) is 1. The third kappa shape index (κ3) is 76.3. The smallest absolute Gasteiger partial charge is 0.361 e. The monoisotopic (exact) mass is 1330 g/mol. The Labute approximate surface area is 592 Å². The second-order valence-corrected chi connectivity index (χ2v) is 24.8. The Hall–Kier alpha value is -6.91. The number of esters is 2. The lowest BCUT2D eigenvalue weighted by atomic mass is 10.1. The van der Waals surface area contributed by atoms with Gasteiger partial charge < -0.3 is 28.5 Å². The van der Waals surface area contributed by atoms with Crippen molar-refractivity contribution in [2.75, 3.05) is 47.5 Å². The Morgan fingerprint density at radius 1 is 0.309 bits per heavy atom. The highest BCUT2D eigenvalue weighted by Gasteiger charge is 2.25. The van der Waals surface area contributed by atoms with E-state index in [0.29, 0.717) is 23.9 Å². The third-order valence-electron chi connectivity index (χ3n) is 14.6. The molecule has 1 N–H and O–H groups in total. The lowest BCUT2D eigenvalue weighted by Crippen LogP contribution is -2.40. The number of unbranched alkanes of at least 4 members (excludes halogenated alkanes) is 10. The van der Waals surface area contributed by atoms with Gasteiger partial charge in [-0.15, -0.1) is 0 Å². The molecule has 0 amide bonds. The Balaban J connectivity index is 4.28. The average molecular weight is 1330 g/mol. The summed E-state index contributed by atoms with van der Waals surface area (Å²) in [4.78, 5) is 37.7. The van der Waals surface area contributed by atoms with Crippen LogP contribution in [-0.4, -0.2) is 87.4 Å². The van der Waals surface area contributed by atoms with E-state index in [4.69, 9.17) is 18.9 Å². The van der Waals surface area contributed by atoms with Gasteiger partial charge in [-0.25, -0.2) is 4.79 Å². The number of carbonyl (C=O) groups excluding carboxylic acids is 2. The number of nitrogens with zero attached hydrogens (tertiary/aromatic N) is 1. The summed E-state index contributed by atoms with van der Waals surface area (Å²) in [5.74, 6) is -2.10. The van der Waals surface area contributed by atoms with E-state index in [1.807, 2.05) is 21.1 Å². The van der Waals surface area contributed by atoms with Crippen molar-refractivity contribution in [1.29, 1.82) is 0 Å². The maximum atomic E-state index is 13.0. The van der Waals surface area contributed by atoms with E-state index in [2.05, 4.69) is 257 Å². The molecule has 0 aliphatic rings. The van der Waals surface area contributed by atoms with E-state index < -0.39 is 30.3 Å². The number of rotatable bonds is 65. The lowest BCUT2D eigenvalue weighted by Gasteiger charge is -2.25. The molecule has 0 saturated heterocycles. The normalized spacial score (nSPS) is 14.1. The second kappa shape index (κ2) is 74.9. The molecule has 0 rings (SSSR count). The summed E-state index contributed by atoms with van der Waals surface area (Å²) in [7, 11) is 5.94. The predicted molar refractivity (Wildman–Crippen MR) is 418 cm³/mol. The summed E-state index contributed by atoms with van der Waals surface area (Å²) < 4.78 is 22.9. The Morgan fingerprint density at radius 2 is 0.557 bits per heavy atom. The first kappa shape index (κ1) is 90.1. The fourth-order valence-electron chi connectivity index (χ4n) is 9.01. The highest BCUT2D eigenvalue weighted by molar-refractivity contribution is 5.71. The molecule has 2 unspecified atom stereocenters. The summed E-state index contributed by atoms with van der Waals surface area (Å²) in [5.41, 5.74) is 0. The lowest BCUT2D eigenvalue weighted by molar-refractivity contribution is -0.870. The fraction of sp³-hybridized carbons (Fsp3) is 0.511. The molecule has 0 heterocycles. The largest absolute Gasteiger partial charge is 0.477 e. The number of carboxylic acid groups (broad SMARTS) is 1. The van der Waals surface area contributed by atoms with Crippen LogP contribution in [-0.2, 0) is 33.3 Å². The average Bonchev–Trinajstić information content (AvgIpc) is 3.27. The Morgan fingerprint density at radius 3 is 0.835 bits per heavy atom. The van der Waals surface area contributed by atoms with Crippen molar-refractivity contribution in [2.24, 2.45) is 0 Å². The molecular formula is C88H134NO8+. The Bertz CT molecular complexity index is 2500. The predicted octanol–water partition coefficient (Wildman–Crippen LogP) is 24.0. The number of ether oxygens (including phenoxy) is 4. The Kier molecular flexibility index (Phi) is 69.5. The van der Waals surface area contributed by atoms with Crippen molar-refractivity contribution in [2.45, 2.75) is 245 Å². The number of quaternary nitrogens is 1. The van der Waals surface area contributed by atoms with E-state index in [9.17, 15) is 19.5 Å². The van der Waals surface area contributed by atoms with Crippen molar-refractivity contribution in [3.63, 3.8) is 0 Å². The van der Waals surface area contributed by atoms with E-state index in [1.54, 1.807) is 0 Å². The van der Waals surface area contributed by atoms with Crippen LogP contribution in [0.5, 0.6) is 0 Å². The van der Waals surface area contributed by atoms with Crippen LogP contribution in [0.15, 0.2) is 243 Å². The van der Waals surface area contributed by atoms with Gasteiger partial charge in [-0.3, -0.25) is 9.59 Å². The van der Waals surface area contributed by atoms with E-state index in [1.165, 1.54) is 12.8 Å². The van der Waals surface area contributed by atoms with Gasteiger partial charge in [0.25, 0.3) is 6.29 Å². The molecule has 0 fully saturated rings. The van der Waals surface area contributed by atoms with Gasteiger partial charge in [0.05, 0.1) is 34.4 Å². The molecule has 0 saturated carbocycles. The molecule has 0 spiro atoms. The van der Waals surface area contributed by atoms with Gasteiger partial charge in [-0.05, 0) is 167 Å². The van der Waals surface area contributed by atoms with Gasteiger partial charge in [0, 0.05) is 12.8 Å². The zero-order valence-electron chi connectivity index (χ0n) is 61.4. The van der Waals surface area contributed by atoms with Gasteiger partial charge in [0.2, 0.25) is 0 Å². The molecular weight excluding hydrogens is 1200 g/mol. The quantitative estimate of drug-likeness (QED) is 0.0211. The molecule has 2 atom stereocenters. The number of allylic oxidation sites excluding steroid dienone is 40. The second-order valence-electron chi connectivity index (χ2n) is 24.8. The summed E-state index contributed by atoms with van der Waals surface area (Å²) >= 11 is 0. The van der Waals surface area contributed by atoms with Crippen LogP contribution in [0.1, 0.15) is 232 Å². The SMILES string of the molecule is CC/C=C\C/C=C\C/C=C\C/C=C\C/C=C\C/C=C\C/C=C\C/C=C\C/C=C\C/C=C\C/C=C\CCCCCCCCCC(=O)OC(COC(=O)CCCCC/C=C\C/C=C\C/C=C\C/C=C\C/C=C\C/C=C\C/C=C\C/C=C\C/C=C\CC)COC(OCC[N+](C)(C)C)C(=O)O. The van der Waals surface area contributed by atoms with Crippen molar-refractivity contribution < 1.29 is 42.9 Å². The summed E-state index contributed by atoms with van der Waals surface area (Å²) in [6, 6.07) is 0. The van der Waals surface area contributed by atoms with Crippen LogP contribution in [0, 0.1) is 0 Å². The van der Waals surface area contributed by atoms with Crippen LogP contribution >= 0.6 is 0 Å². The molecule has 97 heavy (non-hydrogen) atoms. The number of carboxylic acids is 1. The molecule has 538 valence electrons. The first-order valence-electron chi connectivity index (χ1n) is 37.2. The molecule has 9 nitrogen and oxygen atoms in total. The standard InChI is InChI=1S/C88H133NO8/c1-6-8-10-12-14-16-18-20-22-24-26-28-30-32-34-36-38-39-40-41-42-43-44-45-46-47-49-51-53-55-57-59-61-63-65-67-69-71-73-75-77-79-86(91)97-84(83-96-88(87(92)93)94-81-80-89(3,4)5)82-95-85(90)78-76-74-72-70-68-66-64-62-60-58-56-54-52-50-48-37-35-33-31-29-27-25-23-21-19-17-15-13-11-9-7-2/h8-11,14-17,20-23,26-29,32-35,38-39,41-42,44-45,47-50,53-56,59-62,66,68,84,88H,6-7,12-13,18-19,24-25,30-31,36-37,40,43,46,51-52,57-58,63-65,67,69-83H2,1-5H3/p+1/b10-8-,11-9-,16-14-,17-15-,22-20-,23-21-,28-26-,29-27-,34-32-,35-33-,39-38-,42-41-,45-44-,49-47-,50-48-,55-53-,56-54-,61-59-,62-60-,68-66-. The van der Waals surface area contributed by atoms with Gasteiger partial charge in [-0.2, -0.15) is 0 Å². The van der Waals surface area contributed by atoms with Crippen LogP contribution in [0.4, 0.5) is 0 Å². The van der Waals surface area contributed by atoms with Crippen molar-refractivity contribution in [1.82, 2.24) is 0 Å². The van der Waals surface area contributed by atoms with Crippen LogP contribution < -0.4 is 0 Å². The zero-order valence-corrected chi connectivity index (χ0v) is 61.4. The topological polar surface area (TPSA) is 108 Å². The molecule has 0 radical (unpaired) electrons. The number of hydrogen-bond acceptors (Lipinski definition) is 7. The minimum absolute atomic E-state index is 0.165. The summed E-state index contributed by atoms with van der Waals surface area (Å²) in [6.07, 6.45) is 118. The zero-order chi connectivity index (χ0) is 70.4. The maximum absolute atomic E-state index is 13.0. The number of aliphatic carboxylic acids is 1. The van der Waals surface area contributed by atoms with Crippen molar-refractivity contribution >= 4 is 17.9 Å². The van der Waals surface area contributed by atoms with Crippen molar-refractivity contribution in [3.05, 3.63) is 243 Å². The third-order valence-corrected chi connectivity index (χ3v) is 14.6. The number of likely N-dealkylation sites (N-methyl/N-ethyl adjacent to an activating group) is 1. The van der Waals surface area contributed by atoms with Gasteiger partial charge in [0.1, 0.15) is 13.2 Å². The highest BCUT2D eigenvalue weighted by atomic mass is 16.7. The minimum atomic E-state index is -1.54. The molecule has 0 bridgehead atoms. The molecule has 9 heteroatoms. The first-order chi connectivity index (χ1) is 47.6. The van der Waals surface area contributed by atoms with Gasteiger partial charge in [-0.1, -0.05) is 295 Å². The van der Waals surface area contributed by atoms with Crippen LogP contribution in [0.2, 0.25) is 0 Å². The molecule has 0 aromatic heterocycles. The van der Waals surface area contributed by atoms with Crippen LogP contribution in [0.3, 0.4) is 0 Å². The highest BCUT2D eigenvalue weighted by Crippen LogP contribution is 2.14. The number of carbonyl (C=O) groups is 3. The molecule has 0 aromatic carbocycles. The molecule has 0 aliphatic carbocycles. The maximum Gasteiger partial charge on any atom is 0.361 e. The minimum Gasteiger partial charge on any atom is -0.477 e. The van der Waals surface area contributed by atoms with E-state index in [-0.39, 0.29) is 32.7 Å². The van der Waals surface area contributed by atoms with Gasteiger partial charge >= 0.3 is 17.9 Å². The fourth-order valence-corrected chi connectivity index (χ4v) is 9.01. The van der Waals surface area contributed by atoms with Gasteiger partial charge in [0.15, 0.2) is 6.10 Å². The van der Waals surface area contributed by atoms with Crippen molar-refractivity contribution in [3.8, 4) is 0 Å². The summed E-state index contributed by atoms with van der Waals surface area (Å²) in [6.45, 7) is 4.56. The van der Waals surface area contributed by atoms with E-state index in [0.717, 1.165) is 180 Å². The molecule has 0 aliphatic heterocycles. The first-order valence-corrected chi connectivity index (χ1v) is 37.2. The molecule has 0 aromatic rings. The summed E-state index contributed by atoms with van der Waals surface area (Å²) in [5, 5.41) is 9.76. The van der Waals surface area contributed by atoms with E-state index >= 15 is 0 Å². The van der Waals surface area contributed by atoms with Crippen LogP contribution in [0.25, 0.3) is 0 Å².